The number of phenols is 1. The van der Waals surface area contributed by atoms with E-state index in [1.54, 1.807) is 18.2 Å². The first-order valence-electron chi connectivity index (χ1n) is 7.26. The second-order valence-electron chi connectivity index (χ2n) is 5.16. The van der Waals surface area contributed by atoms with Gasteiger partial charge in [0.05, 0.1) is 10.3 Å². The Labute approximate surface area is 152 Å². The number of benzene rings is 2. The van der Waals surface area contributed by atoms with Crippen molar-refractivity contribution in [2.75, 3.05) is 16.8 Å². The van der Waals surface area contributed by atoms with Gasteiger partial charge in [0.25, 0.3) is 5.91 Å². The van der Waals surface area contributed by atoms with Gasteiger partial charge in [0.2, 0.25) is 0 Å². The minimum absolute atomic E-state index is 0.0411. The fourth-order valence-electron chi connectivity index (χ4n) is 2.28. The number of carbonyl (C=O) groups excluding carboxylic acids is 1. The molecule has 1 fully saturated rings. The molecule has 6 heteroatoms. The number of hydrogen-bond donors (Lipinski definition) is 2. The van der Waals surface area contributed by atoms with Crippen molar-refractivity contribution in [3.05, 3.63) is 58.1 Å². The number of nitrogens with one attached hydrogen (secondary N) is 1. The highest BCUT2D eigenvalue weighted by atomic mass is 79.9. The largest absolute Gasteiger partial charge is 0.506 e. The molecule has 2 aromatic rings. The van der Waals surface area contributed by atoms with Crippen molar-refractivity contribution in [2.24, 2.45) is 0 Å². The zero-order chi connectivity index (χ0) is 16.2. The Hall–Kier alpha value is -1.11. The van der Waals surface area contributed by atoms with Crippen molar-refractivity contribution in [3.8, 4) is 5.75 Å². The van der Waals surface area contributed by atoms with Crippen LogP contribution in [0.4, 0.5) is 5.69 Å². The van der Waals surface area contributed by atoms with E-state index in [2.05, 4.69) is 21.2 Å². The summed E-state index contributed by atoms with van der Waals surface area (Å²) in [6, 6.07) is 12.7. The molecular weight excluding hydrogens is 394 g/mol. The van der Waals surface area contributed by atoms with Crippen molar-refractivity contribution in [2.45, 2.75) is 11.0 Å². The third-order valence-electron chi connectivity index (χ3n) is 3.48. The summed E-state index contributed by atoms with van der Waals surface area (Å²) in [6.45, 7) is 0. The van der Waals surface area contributed by atoms with Gasteiger partial charge in [0, 0.05) is 10.0 Å². The van der Waals surface area contributed by atoms with Gasteiger partial charge in [-0.25, -0.2) is 0 Å². The topological polar surface area (TPSA) is 49.3 Å². The van der Waals surface area contributed by atoms with E-state index in [-0.39, 0.29) is 11.7 Å². The summed E-state index contributed by atoms with van der Waals surface area (Å²) in [4.78, 5) is 12.3. The number of carbonyl (C=O) groups is 1. The van der Waals surface area contributed by atoms with Crippen LogP contribution in [0.1, 0.15) is 26.9 Å². The number of hydrogen-bond acceptors (Lipinski definition) is 4. The molecule has 0 aliphatic carbocycles. The average Bonchev–Trinajstić information content (AvgIpc) is 2.58. The lowest BCUT2D eigenvalue weighted by Crippen LogP contribution is -2.12. The predicted molar refractivity (Wildman–Crippen MR) is 102 cm³/mol. The number of thioether (sulfide) groups is 2. The summed E-state index contributed by atoms with van der Waals surface area (Å²) in [5.41, 5.74) is 2.24. The van der Waals surface area contributed by atoms with E-state index in [4.69, 9.17) is 0 Å². The van der Waals surface area contributed by atoms with Crippen molar-refractivity contribution in [3.63, 3.8) is 0 Å². The molecule has 1 aliphatic heterocycles. The zero-order valence-electron chi connectivity index (χ0n) is 12.3. The number of amides is 1. The maximum absolute atomic E-state index is 12.3. The van der Waals surface area contributed by atoms with Crippen LogP contribution in [0.15, 0.2) is 46.9 Å². The maximum atomic E-state index is 12.3. The molecule has 3 rings (SSSR count). The second kappa shape index (κ2) is 7.64. The van der Waals surface area contributed by atoms with Crippen LogP contribution in [-0.2, 0) is 0 Å². The highest BCUT2D eigenvalue weighted by Crippen LogP contribution is 2.43. The molecule has 2 N–H and O–H groups in total. The van der Waals surface area contributed by atoms with Crippen LogP contribution < -0.4 is 5.32 Å². The molecule has 1 heterocycles. The van der Waals surface area contributed by atoms with E-state index >= 15 is 0 Å². The number of halogens is 1. The van der Waals surface area contributed by atoms with Gasteiger partial charge in [-0.15, -0.1) is 23.5 Å². The molecule has 2 aromatic carbocycles. The predicted octanol–water partition coefficient (Wildman–Crippen LogP) is 5.28. The van der Waals surface area contributed by atoms with Crippen LogP contribution in [0.3, 0.4) is 0 Å². The van der Waals surface area contributed by atoms with Crippen molar-refractivity contribution in [1.29, 1.82) is 0 Å². The van der Waals surface area contributed by atoms with Crippen molar-refractivity contribution in [1.82, 2.24) is 0 Å². The maximum Gasteiger partial charge on any atom is 0.255 e. The van der Waals surface area contributed by atoms with Crippen LogP contribution in [0.25, 0.3) is 0 Å². The first-order chi connectivity index (χ1) is 11.1. The first-order valence-corrected chi connectivity index (χ1v) is 10.2. The summed E-state index contributed by atoms with van der Waals surface area (Å²) >= 11 is 7.20. The van der Waals surface area contributed by atoms with Gasteiger partial charge >= 0.3 is 0 Å². The standard InChI is InChI=1S/C17H16BrNO2S2/c18-13-6-7-14(15(20)10-13)19-16(21)11-2-4-12(5-3-11)17-22-8-1-9-23-17/h2-7,10,17,20H,1,8-9H2,(H,19,21). The van der Waals surface area contributed by atoms with Crippen LogP contribution in [0.5, 0.6) is 5.75 Å². The van der Waals surface area contributed by atoms with Gasteiger partial charge in [-0.05, 0) is 53.8 Å². The Morgan fingerprint density at radius 3 is 2.48 bits per heavy atom. The fourth-order valence-corrected chi connectivity index (χ4v) is 5.52. The van der Waals surface area contributed by atoms with Crippen LogP contribution in [0.2, 0.25) is 0 Å². The molecule has 0 spiro atoms. The zero-order valence-corrected chi connectivity index (χ0v) is 15.5. The number of anilines is 1. The molecule has 0 unspecified atom stereocenters. The van der Waals surface area contributed by atoms with Crippen molar-refractivity contribution < 1.29 is 9.90 Å². The third-order valence-corrected chi connectivity index (χ3v) is 6.99. The molecule has 0 atom stereocenters. The summed E-state index contributed by atoms with van der Waals surface area (Å²) in [5.74, 6) is 2.21. The van der Waals surface area contributed by atoms with E-state index in [0.717, 1.165) is 4.47 Å². The molecule has 0 aromatic heterocycles. The van der Waals surface area contributed by atoms with Gasteiger partial charge < -0.3 is 10.4 Å². The molecular formula is C17H16BrNO2S2. The fraction of sp³-hybridized carbons (Fsp3) is 0.235. The summed E-state index contributed by atoms with van der Waals surface area (Å²) < 4.78 is 1.23. The lowest BCUT2D eigenvalue weighted by molar-refractivity contribution is 0.102. The second-order valence-corrected chi connectivity index (χ2v) is 8.80. The van der Waals surface area contributed by atoms with Gasteiger partial charge in [0.15, 0.2) is 0 Å². The lowest BCUT2D eigenvalue weighted by Gasteiger charge is -2.21. The highest BCUT2D eigenvalue weighted by Gasteiger charge is 2.17. The summed E-state index contributed by atoms with van der Waals surface area (Å²) in [6.07, 6.45) is 1.27. The van der Waals surface area contributed by atoms with Crippen LogP contribution in [0, 0.1) is 0 Å². The van der Waals surface area contributed by atoms with Crippen LogP contribution in [-0.4, -0.2) is 22.5 Å². The van der Waals surface area contributed by atoms with Gasteiger partial charge in [-0.3, -0.25) is 4.79 Å². The van der Waals surface area contributed by atoms with E-state index in [1.165, 1.54) is 23.5 Å². The minimum atomic E-state index is -0.224. The quantitative estimate of drug-likeness (QED) is 0.677. The first kappa shape index (κ1) is 16.7. The molecule has 1 aliphatic rings. The number of phenolic OH excluding ortho intramolecular Hbond substituents is 1. The van der Waals surface area contributed by atoms with Crippen molar-refractivity contribution >= 4 is 51.0 Å². The lowest BCUT2D eigenvalue weighted by atomic mass is 10.1. The SMILES string of the molecule is O=C(Nc1ccc(Br)cc1O)c1ccc(C2SCCCS2)cc1. The minimum Gasteiger partial charge on any atom is -0.506 e. The van der Waals surface area contributed by atoms with Gasteiger partial charge in [0.1, 0.15) is 5.75 Å². The molecule has 120 valence electrons. The van der Waals surface area contributed by atoms with Gasteiger partial charge in [-0.1, -0.05) is 28.1 Å². The monoisotopic (exact) mass is 409 g/mol. The molecule has 0 bridgehead atoms. The molecule has 23 heavy (non-hydrogen) atoms. The Morgan fingerprint density at radius 2 is 1.83 bits per heavy atom. The Balaban J connectivity index is 1.69. The normalized spacial score (nSPS) is 15.3. The van der Waals surface area contributed by atoms with E-state index in [1.807, 2.05) is 47.8 Å². The van der Waals surface area contributed by atoms with E-state index in [9.17, 15) is 9.90 Å². The number of rotatable bonds is 3. The Bertz CT molecular complexity index is 700. The van der Waals surface area contributed by atoms with Crippen LogP contribution >= 0.6 is 39.5 Å². The van der Waals surface area contributed by atoms with E-state index in [0.29, 0.717) is 15.8 Å². The third kappa shape index (κ3) is 4.25. The molecule has 0 radical (unpaired) electrons. The Kier molecular flexibility index (Phi) is 5.56. The van der Waals surface area contributed by atoms with Gasteiger partial charge in [-0.2, -0.15) is 0 Å². The molecule has 1 saturated heterocycles. The Morgan fingerprint density at radius 1 is 1.13 bits per heavy atom. The average molecular weight is 410 g/mol. The molecule has 0 saturated carbocycles. The smallest absolute Gasteiger partial charge is 0.255 e. The summed E-state index contributed by atoms with van der Waals surface area (Å²) in [5, 5.41) is 12.6. The van der Waals surface area contributed by atoms with E-state index < -0.39 is 0 Å². The summed E-state index contributed by atoms with van der Waals surface area (Å²) in [7, 11) is 0. The molecule has 3 nitrogen and oxygen atoms in total. The highest BCUT2D eigenvalue weighted by molar-refractivity contribution is 9.10. The number of aromatic hydroxyl groups is 1. The molecule has 1 amide bonds.